The summed E-state index contributed by atoms with van der Waals surface area (Å²) in [5, 5.41) is 3.37. The standard InChI is InChI=1S/C14H18N2O3/c1-18-13(17)9-2-3-11(15)12(6-9)16-10-7-14(4-5-14)19-8-10/h2-3,6,10,16H,4-5,7-8,15H2,1H3. The van der Waals surface area contributed by atoms with E-state index >= 15 is 0 Å². The van der Waals surface area contributed by atoms with Crippen molar-refractivity contribution in [3.05, 3.63) is 23.8 Å². The molecule has 1 unspecified atom stereocenters. The normalized spacial score (nSPS) is 23.3. The number of hydrogen-bond donors (Lipinski definition) is 2. The fraction of sp³-hybridized carbons (Fsp3) is 0.500. The van der Waals surface area contributed by atoms with Gasteiger partial charge in [0.1, 0.15) is 0 Å². The second-order valence-electron chi connectivity index (χ2n) is 5.33. The van der Waals surface area contributed by atoms with Crippen LogP contribution in [0.1, 0.15) is 29.6 Å². The molecule has 1 aliphatic heterocycles. The van der Waals surface area contributed by atoms with Crippen molar-refractivity contribution in [2.45, 2.75) is 30.9 Å². The van der Waals surface area contributed by atoms with Gasteiger partial charge in [-0.15, -0.1) is 0 Å². The summed E-state index contributed by atoms with van der Waals surface area (Å²) in [6, 6.07) is 5.38. The van der Waals surface area contributed by atoms with Crippen LogP contribution in [0.2, 0.25) is 0 Å². The average Bonchev–Trinajstić information content (AvgIpc) is 3.05. The van der Waals surface area contributed by atoms with Gasteiger partial charge in [-0.1, -0.05) is 0 Å². The van der Waals surface area contributed by atoms with Crippen LogP contribution in [-0.4, -0.2) is 31.3 Å². The highest BCUT2D eigenvalue weighted by Crippen LogP contribution is 2.47. The Labute approximate surface area is 112 Å². The number of carbonyl (C=O) groups excluding carboxylic acids is 1. The van der Waals surface area contributed by atoms with Gasteiger partial charge in [0.25, 0.3) is 0 Å². The molecule has 102 valence electrons. The van der Waals surface area contributed by atoms with Gasteiger partial charge in [0.2, 0.25) is 0 Å². The van der Waals surface area contributed by atoms with Crippen molar-refractivity contribution in [1.82, 2.24) is 0 Å². The molecule has 1 heterocycles. The number of esters is 1. The van der Waals surface area contributed by atoms with E-state index in [0.717, 1.165) is 24.9 Å². The van der Waals surface area contributed by atoms with Crippen LogP contribution in [0.3, 0.4) is 0 Å². The summed E-state index contributed by atoms with van der Waals surface area (Å²) in [6.07, 6.45) is 3.32. The van der Waals surface area contributed by atoms with E-state index in [2.05, 4.69) is 5.32 Å². The first-order chi connectivity index (χ1) is 9.12. The number of ether oxygens (including phenoxy) is 2. The fourth-order valence-electron chi connectivity index (χ4n) is 2.57. The Balaban J connectivity index is 1.74. The molecule has 2 aliphatic rings. The van der Waals surface area contributed by atoms with Crippen molar-refractivity contribution in [2.75, 3.05) is 24.8 Å². The van der Waals surface area contributed by atoms with E-state index in [4.69, 9.17) is 15.2 Å². The monoisotopic (exact) mass is 262 g/mol. The lowest BCUT2D eigenvalue weighted by Crippen LogP contribution is -2.20. The quantitative estimate of drug-likeness (QED) is 0.641. The Bertz CT molecular complexity index is 511. The highest BCUT2D eigenvalue weighted by molar-refractivity contribution is 5.92. The van der Waals surface area contributed by atoms with Gasteiger partial charge in [0.15, 0.2) is 0 Å². The number of anilines is 2. The van der Waals surface area contributed by atoms with E-state index in [1.165, 1.54) is 7.11 Å². The van der Waals surface area contributed by atoms with Crippen molar-refractivity contribution in [3.8, 4) is 0 Å². The van der Waals surface area contributed by atoms with Gasteiger partial charge in [0, 0.05) is 0 Å². The van der Waals surface area contributed by atoms with Gasteiger partial charge in [-0.25, -0.2) is 4.79 Å². The Morgan fingerprint density at radius 2 is 2.32 bits per heavy atom. The van der Waals surface area contributed by atoms with E-state index in [-0.39, 0.29) is 17.6 Å². The highest BCUT2D eigenvalue weighted by atomic mass is 16.5. The topological polar surface area (TPSA) is 73.6 Å². The van der Waals surface area contributed by atoms with Gasteiger partial charge < -0.3 is 20.5 Å². The van der Waals surface area contributed by atoms with Gasteiger partial charge in [0.05, 0.1) is 42.3 Å². The molecule has 19 heavy (non-hydrogen) atoms. The number of methoxy groups -OCH3 is 1. The van der Waals surface area contributed by atoms with E-state index < -0.39 is 0 Å². The van der Waals surface area contributed by atoms with Crippen molar-refractivity contribution < 1.29 is 14.3 Å². The number of nitrogens with one attached hydrogen (secondary N) is 1. The Hall–Kier alpha value is -1.75. The lowest BCUT2D eigenvalue weighted by molar-refractivity contribution is 0.0601. The molecule has 1 aromatic rings. The molecule has 5 nitrogen and oxygen atoms in total. The summed E-state index contributed by atoms with van der Waals surface area (Å²) in [4.78, 5) is 11.5. The molecular weight excluding hydrogens is 244 g/mol. The molecule has 2 fully saturated rings. The lowest BCUT2D eigenvalue weighted by Gasteiger charge is -2.15. The molecule has 1 spiro atoms. The molecule has 0 bridgehead atoms. The summed E-state index contributed by atoms with van der Waals surface area (Å²) in [7, 11) is 1.37. The molecule has 1 aliphatic carbocycles. The lowest BCUT2D eigenvalue weighted by atomic mass is 10.1. The zero-order chi connectivity index (χ0) is 13.5. The maximum Gasteiger partial charge on any atom is 0.337 e. The molecule has 3 rings (SSSR count). The summed E-state index contributed by atoms with van der Waals surface area (Å²) in [5.74, 6) is -0.357. The van der Waals surface area contributed by atoms with Crippen LogP contribution in [-0.2, 0) is 9.47 Å². The summed E-state index contributed by atoms with van der Waals surface area (Å²) in [6.45, 7) is 0.696. The largest absolute Gasteiger partial charge is 0.465 e. The highest BCUT2D eigenvalue weighted by Gasteiger charge is 2.50. The van der Waals surface area contributed by atoms with Crippen LogP contribution in [0, 0.1) is 0 Å². The number of carbonyl (C=O) groups is 1. The van der Waals surface area contributed by atoms with E-state index in [9.17, 15) is 4.79 Å². The molecule has 1 saturated heterocycles. The second kappa shape index (κ2) is 4.42. The number of rotatable bonds is 3. The summed E-state index contributed by atoms with van der Waals surface area (Å²) in [5.41, 5.74) is 7.97. The van der Waals surface area contributed by atoms with Crippen molar-refractivity contribution in [1.29, 1.82) is 0 Å². The third-order valence-corrected chi connectivity index (χ3v) is 3.85. The first-order valence-corrected chi connectivity index (χ1v) is 6.50. The van der Waals surface area contributed by atoms with Crippen LogP contribution in [0.4, 0.5) is 11.4 Å². The molecule has 0 amide bonds. The minimum atomic E-state index is -0.357. The van der Waals surface area contributed by atoms with E-state index in [0.29, 0.717) is 17.9 Å². The van der Waals surface area contributed by atoms with Crippen molar-refractivity contribution in [2.24, 2.45) is 0 Å². The maximum absolute atomic E-state index is 11.5. The molecule has 0 aromatic heterocycles. The van der Waals surface area contributed by atoms with Gasteiger partial charge >= 0.3 is 5.97 Å². The third kappa shape index (κ3) is 2.38. The number of nitrogens with two attached hydrogens (primary N) is 1. The van der Waals surface area contributed by atoms with Crippen LogP contribution in [0.15, 0.2) is 18.2 Å². The van der Waals surface area contributed by atoms with Crippen LogP contribution >= 0.6 is 0 Å². The number of hydrogen-bond acceptors (Lipinski definition) is 5. The zero-order valence-corrected chi connectivity index (χ0v) is 10.9. The third-order valence-electron chi connectivity index (χ3n) is 3.85. The van der Waals surface area contributed by atoms with Gasteiger partial charge in [-0.2, -0.15) is 0 Å². The van der Waals surface area contributed by atoms with E-state index in [1.807, 2.05) is 0 Å². The summed E-state index contributed by atoms with van der Waals surface area (Å²) >= 11 is 0. The van der Waals surface area contributed by atoms with Crippen LogP contribution in [0.5, 0.6) is 0 Å². The predicted molar refractivity (Wildman–Crippen MR) is 72.1 cm³/mol. The van der Waals surface area contributed by atoms with Gasteiger partial charge in [-0.05, 0) is 37.5 Å². The van der Waals surface area contributed by atoms with Gasteiger partial charge in [-0.3, -0.25) is 0 Å². The van der Waals surface area contributed by atoms with Crippen LogP contribution < -0.4 is 11.1 Å². The maximum atomic E-state index is 11.5. The molecule has 0 radical (unpaired) electrons. The number of benzene rings is 1. The molecule has 1 atom stereocenters. The first kappa shape index (κ1) is 12.3. The minimum Gasteiger partial charge on any atom is -0.465 e. The first-order valence-electron chi connectivity index (χ1n) is 6.50. The van der Waals surface area contributed by atoms with Crippen LogP contribution in [0.25, 0.3) is 0 Å². The van der Waals surface area contributed by atoms with Crippen molar-refractivity contribution in [3.63, 3.8) is 0 Å². The minimum absolute atomic E-state index is 0.131. The Morgan fingerprint density at radius 3 is 2.95 bits per heavy atom. The number of nitrogen functional groups attached to an aromatic ring is 1. The second-order valence-corrected chi connectivity index (χ2v) is 5.33. The molecular formula is C14H18N2O3. The predicted octanol–water partition coefficient (Wildman–Crippen LogP) is 1.79. The molecule has 5 heteroatoms. The van der Waals surface area contributed by atoms with E-state index in [1.54, 1.807) is 18.2 Å². The summed E-state index contributed by atoms with van der Waals surface area (Å²) < 4.78 is 10.5. The molecule has 1 aromatic carbocycles. The SMILES string of the molecule is COC(=O)c1ccc(N)c(NC2COC3(CC3)C2)c1. The average molecular weight is 262 g/mol. The molecule has 1 saturated carbocycles. The fourth-order valence-corrected chi connectivity index (χ4v) is 2.57. The Kier molecular flexibility index (Phi) is 2.86. The zero-order valence-electron chi connectivity index (χ0n) is 10.9. The Morgan fingerprint density at radius 1 is 1.53 bits per heavy atom. The van der Waals surface area contributed by atoms with Crippen molar-refractivity contribution >= 4 is 17.3 Å². The smallest absolute Gasteiger partial charge is 0.337 e. The molecule has 3 N–H and O–H groups in total.